The molecule has 0 atom stereocenters. The maximum atomic E-state index is 11.4. The van der Waals surface area contributed by atoms with Gasteiger partial charge in [0.15, 0.2) is 21.2 Å². The van der Waals surface area contributed by atoms with E-state index in [9.17, 15) is 9.59 Å². The second-order valence-electron chi connectivity index (χ2n) is 5.92. The lowest BCUT2D eigenvalue weighted by atomic mass is 10.1. The highest BCUT2D eigenvalue weighted by molar-refractivity contribution is 7.29. The zero-order chi connectivity index (χ0) is 18.3. The normalized spacial score (nSPS) is 11.0. The van der Waals surface area contributed by atoms with Crippen molar-refractivity contribution in [2.45, 2.75) is 13.8 Å². The van der Waals surface area contributed by atoms with E-state index in [1.54, 1.807) is 13.8 Å². The maximum Gasteiger partial charge on any atom is 0.159 e. The van der Waals surface area contributed by atoms with E-state index in [1.165, 1.54) is 22.7 Å². The average molecular weight is 378 g/mol. The van der Waals surface area contributed by atoms with Crippen molar-refractivity contribution in [3.63, 3.8) is 0 Å². The molecule has 6 heteroatoms. The number of thiazole rings is 2. The summed E-state index contributed by atoms with van der Waals surface area (Å²) >= 11 is 3.07. The second kappa shape index (κ2) is 6.55. The van der Waals surface area contributed by atoms with Gasteiger partial charge in [0.05, 0.1) is 0 Å². The van der Waals surface area contributed by atoms with Crippen molar-refractivity contribution in [3.8, 4) is 21.1 Å². The number of ketones is 2. The molecule has 2 aromatic heterocycles. The number of Topliss-reactive ketones (excluding diaryl/α,β-unsaturated/α-hetero) is 2. The highest BCUT2D eigenvalue weighted by Crippen LogP contribution is 2.36. The van der Waals surface area contributed by atoms with E-state index in [1.807, 2.05) is 48.5 Å². The van der Waals surface area contributed by atoms with E-state index < -0.39 is 0 Å². The number of carbonyl (C=O) groups is 2. The zero-order valence-corrected chi connectivity index (χ0v) is 15.8. The summed E-state index contributed by atoms with van der Waals surface area (Å²) in [6.45, 7) is 3.12. The summed E-state index contributed by atoms with van der Waals surface area (Å²) in [5.41, 5.74) is 3.36. The van der Waals surface area contributed by atoms with Gasteiger partial charge in [-0.15, -0.1) is 0 Å². The number of hydrogen-bond acceptors (Lipinski definition) is 6. The molecule has 0 saturated heterocycles. The molecule has 4 aromatic rings. The van der Waals surface area contributed by atoms with Crippen molar-refractivity contribution < 1.29 is 9.59 Å². The van der Waals surface area contributed by atoms with Gasteiger partial charge in [0.25, 0.3) is 0 Å². The first-order valence-electron chi connectivity index (χ1n) is 8.01. The van der Waals surface area contributed by atoms with Crippen LogP contribution in [0.25, 0.3) is 30.8 Å². The molecular weight excluding hydrogens is 364 g/mol. The van der Waals surface area contributed by atoms with Gasteiger partial charge in [-0.3, -0.25) is 9.59 Å². The van der Waals surface area contributed by atoms with Gasteiger partial charge in [0.1, 0.15) is 10.0 Å². The SMILES string of the molecule is CC(=O)c1ccc(-c2nc3sc(-c4ccc(C(C)=O)cc4)nc3s2)cc1. The number of rotatable bonds is 4. The van der Waals surface area contributed by atoms with Crippen LogP contribution in [0, 0.1) is 0 Å². The largest absolute Gasteiger partial charge is 0.295 e. The molecule has 2 heterocycles. The van der Waals surface area contributed by atoms with Crippen LogP contribution in [-0.4, -0.2) is 21.5 Å². The monoisotopic (exact) mass is 378 g/mol. The molecule has 0 N–H and O–H groups in total. The van der Waals surface area contributed by atoms with Crippen LogP contribution in [-0.2, 0) is 0 Å². The predicted molar refractivity (Wildman–Crippen MR) is 106 cm³/mol. The molecule has 0 unspecified atom stereocenters. The number of nitrogens with zero attached hydrogens (tertiary/aromatic N) is 2. The van der Waals surface area contributed by atoms with E-state index in [0.29, 0.717) is 11.1 Å². The Morgan fingerprint density at radius 2 is 1.00 bits per heavy atom. The molecular formula is C20H14N2O2S2. The van der Waals surface area contributed by atoms with Crippen LogP contribution >= 0.6 is 22.7 Å². The van der Waals surface area contributed by atoms with Crippen molar-refractivity contribution in [3.05, 3.63) is 59.7 Å². The molecule has 4 nitrogen and oxygen atoms in total. The standard InChI is InChI=1S/C20H14N2O2S2/c1-11(23)13-3-7-15(8-4-13)17-21-19-20(25-17)22-18(26-19)16-9-5-14(6-10-16)12(2)24/h3-10H,1-2H3. The molecule has 0 fully saturated rings. The number of hydrogen-bond donors (Lipinski definition) is 0. The summed E-state index contributed by atoms with van der Waals surface area (Å²) < 4.78 is 0. The highest BCUT2D eigenvalue weighted by atomic mass is 32.1. The number of carbonyl (C=O) groups excluding carboxylic acids is 2. The summed E-state index contributed by atoms with van der Waals surface area (Å²) in [4.78, 5) is 33.9. The second-order valence-corrected chi connectivity index (χ2v) is 7.87. The van der Waals surface area contributed by atoms with E-state index in [4.69, 9.17) is 0 Å². The first kappa shape index (κ1) is 16.8. The molecule has 26 heavy (non-hydrogen) atoms. The number of fused-ring (bicyclic) bond motifs is 1. The van der Waals surface area contributed by atoms with Gasteiger partial charge in [-0.25, -0.2) is 9.97 Å². The Bertz CT molecular complexity index is 1000. The van der Waals surface area contributed by atoms with Crippen LogP contribution in [0.4, 0.5) is 0 Å². The minimum absolute atomic E-state index is 0.0544. The first-order valence-corrected chi connectivity index (χ1v) is 9.64. The smallest absolute Gasteiger partial charge is 0.159 e. The Labute approximate surface area is 158 Å². The molecule has 4 rings (SSSR count). The summed E-state index contributed by atoms with van der Waals surface area (Å²) in [7, 11) is 0. The Hall–Kier alpha value is -2.70. The molecule has 128 valence electrons. The fourth-order valence-corrected chi connectivity index (χ4v) is 4.64. The van der Waals surface area contributed by atoms with Crippen LogP contribution in [0.3, 0.4) is 0 Å². The topological polar surface area (TPSA) is 59.9 Å². The Balaban J connectivity index is 1.64. The van der Waals surface area contributed by atoms with E-state index in [0.717, 1.165) is 30.8 Å². The fraction of sp³-hybridized carbons (Fsp3) is 0.100. The van der Waals surface area contributed by atoms with Gasteiger partial charge in [0.2, 0.25) is 0 Å². The zero-order valence-electron chi connectivity index (χ0n) is 14.1. The minimum Gasteiger partial charge on any atom is -0.295 e. The van der Waals surface area contributed by atoms with Crippen molar-refractivity contribution in [2.24, 2.45) is 0 Å². The minimum atomic E-state index is 0.0544. The Morgan fingerprint density at radius 3 is 1.31 bits per heavy atom. The molecule has 0 amide bonds. The van der Waals surface area contributed by atoms with E-state index in [-0.39, 0.29) is 11.6 Å². The van der Waals surface area contributed by atoms with E-state index in [2.05, 4.69) is 9.97 Å². The Kier molecular flexibility index (Phi) is 4.22. The summed E-state index contributed by atoms with van der Waals surface area (Å²) in [6.07, 6.45) is 0. The first-order chi connectivity index (χ1) is 12.5. The van der Waals surface area contributed by atoms with Crippen LogP contribution < -0.4 is 0 Å². The molecule has 0 aliphatic carbocycles. The highest BCUT2D eigenvalue weighted by Gasteiger charge is 2.13. The van der Waals surface area contributed by atoms with Crippen molar-refractivity contribution in [1.82, 2.24) is 9.97 Å². The molecule has 0 aliphatic rings. The maximum absolute atomic E-state index is 11.4. The van der Waals surface area contributed by atoms with Gasteiger partial charge in [-0.1, -0.05) is 71.2 Å². The third kappa shape index (κ3) is 3.09. The fourth-order valence-electron chi connectivity index (χ4n) is 2.58. The molecule has 0 aliphatic heterocycles. The van der Waals surface area contributed by atoms with Crippen molar-refractivity contribution >= 4 is 43.9 Å². The summed E-state index contributed by atoms with van der Waals surface area (Å²) in [5, 5.41) is 1.79. The third-order valence-corrected chi connectivity index (χ3v) is 6.18. The molecule has 0 radical (unpaired) electrons. The van der Waals surface area contributed by atoms with Crippen LogP contribution in [0.1, 0.15) is 34.6 Å². The molecule has 0 bridgehead atoms. The van der Waals surface area contributed by atoms with Gasteiger partial charge in [-0.2, -0.15) is 0 Å². The lowest BCUT2D eigenvalue weighted by molar-refractivity contribution is 0.100. The van der Waals surface area contributed by atoms with E-state index >= 15 is 0 Å². The third-order valence-electron chi connectivity index (χ3n) is 4.05. The lowest BCUT2D eigenvalue weighted by Crippen LogP contribution is -1.90. The van der Waals surface area contributed by atoms with Crippen LogP contribution in [0.2, 0.25) is 0 Å². The molecule has 0 spiro atoms. The van der Waals surface area contributed by atoms with Crippen LogP contribution in [0.15, 0.2) is 48.5 Å². The number of aromatic nitrogens is 2. The van der Waals surface area contributed by atoms with Gasteiger partial charge in [-0.05, 0) is 13.8 Å². The Morgan fingerprint density at radius 1 is 0.654 bits per heavy atom. The number of benzene rings is 2. The molecule has 0 saturated carbocycles. The molecule has 2 aromatic carbocycles. The van der Waals surface area contributed by atoms with Gasteiger partial charge >= 0.3 is 0 Å². The average Bonchev–Trinajstić information content (AvgIpc) is 3.21. The predicted octanol–water partition coefficient (Wildman–Crippen LogP) is 5.49. The van der Waals surface area contributed by atoms with Crippen molar-refractivity contribution in [2.75, 3.05) is 0 Å². The van der Waals surface area contributed by atoms with Crippen molar-refractivity contribution in [1.29, 1.82) is 0 Å². The quantitative estimate of drug-likeness (QED) is 0.440. The van der Waals surface area contributed by atoms with Gasteiger partial charge < -0.3 is 0 Å². The summed E-state index contributed by atoms with van der Waals surface area (Å²) in [6, 6.07) is 15.0. The summed E-state index contributed by atoms with van der Waals surface area (Å²) in [5.74, 6) is 0.109. The lowest BCUT2D eigenvalue weighted by Gasteiger charge is -1.99. The van der Waals surface area contributed by atoms with Gasteiger partial charge in [0, 0.05) is 22.3 Å². The van der Waals surface area contributed by atoms with Crippen LogP contribution in [0.5, 0.6) is 0 Å².